The number of aromatic nitrogens is 1. The lowest BCUT2D eigenvalue weighted by Gasteiger charge is -2.05. The van der Waals surface area contributed by atoms with E-state index >= 15 is 0 Å². The molecule has 1 heterocycles. The standard InChI is InChI=1S/C11H9NO2S/c13-9-3-1-8(2-4-9)12-7-10(15)5-6-11(12)14/h1-7,13,15H. The summed E-state index contributed by atoms with van der Waals surface area (Å²) < 4.78 is 1.47. The smallest absolute Gasteiger partial charge is 0.255 e. The highest BCUT2D eigenvalue weighted by Gasteiger charge is 1.99. The van der Waals surface area contributed by atoms with Crippen LogP contribution in [0.15, 0.2) is 52.3 Å². The van der Waals surface area contributed by atoms with Gasteiger partial charge in [-0.3, -0.25) is 9.36 Å². The Morgan fingerprint density at radius 1 is 1.07 bits per heavy atom. The predicted molar refractivity (Wildman–Crippen MR) is 61.0 cm³/mol. The van der Waals surface area contributed by atoms with Crippen LogP contribution < -0.4 is 5.56 Å². The molecule has 0 fully saturated rings. The molecule has 15 heavy (non-hydrogen) atoms. The average molecular weight is 219 g/mol. The van der Waals surface area contributed by atoms with E-state index in [4.69, 9.17) is 5.11 Å². The van der Waals surface area contributed by atoms with Crippen molar-refractivity contribution in [2.24, 2.45) is 0 Å². The zero-order valence-electron chi connectivity index (χ0n) is 7.79. The number of aromatic hydroxyl groups is 1. The number of pyridine rings is 1. The SMILES string of the molecule is O=c1ccc(S)cn1-c1ccc(O)cc1. The van der Waals surface area contributed by atoms with E-state index in [2.05, 4.69) is 12.6 Å². The summed E-state index contributed by atoms with van der Waals surface area (Å²) >= 11 is 4.16. The van der Waals surface area contributed by atoms with Gasteiger partial charge < -0.3 is 5.11 Å². The van der Waals surface area contributed by atoms with Crippen LogP contribution in [0, 0.1) is 0 Å². The number of benzene rings is 1. The predicted octanol–water partition coefficient (Wildman–Crippen LogP) is 1.83. The Kier molecular flexibility index (Phi) is 2.51. The molecule has 1 N–H and O–H groups in total. The van der Waals surface area contributed by atoms with Crippen molar-refractivity contribution in [3.05, 3.63) is 52.9 Å². The van der Waals surface area contributed by atoms with E-state index in [1.54, 1.807) is 24.4 Å². The van der Waals surface area contributed by atoms with E-state index in [-0.39, 0.29) is 11.3 Å². The summed E-state index contributed by atoms with van der Waals surface area (Å²) in [6.45, 7) is 0. The van der Waals surface area contributed by atoms with Crippen LogP contribution in [0.25, 0.3) is 5.69 Å². The lowest BCUT2D eigenvalue weighted by atomic mass is 10.3. The lowest BCUT2D eigenvalue weighted by molar-refractivity contribution is 0.475. The fourth-order valence-corrected chi connectivity index (χ4v) is 1.48. The Bertz CT molecular complexity index is 531. The Labute approximate surface area is 92.0 Å². The van der Waals surface area contributed by atoms with Crippen LogP contribution >= 0.6 is 12.6 Å². The van der Waals surface area contributed by atoms with Crippen LogP contribution in [-0.4, -0.2) is 9.67 Å². The minimum atomic E-state index is -0.126. The summed E-state index contributed by atoms with van der Waals surface area (Å²) in [5, 5.41) is 9.12. The fraction of sp³-hybridized carbons (Fsp3) is 0. The topological polar surface area (TPSA) is 42.2 Å². The third-order valence-corrected chi connectivity index (χ3v) is 2.29. The highest BCUT2D eigenvalue weighted by molar-refractivity contribution is 7.80. The van der Waals surface area contributed by atoms with Gasteiger partial charge >= 0.3 is 0 Å². The normalized spacial score (nSPS) is 10.2. The lowest BCUT2D eigenvalue weighted by Crippen LogP contribution is -2.15. The van der Waals surface area contributed by atoms with E-state index in [1.165, 1.54) is 22.8 Å². The number of phenols is 1. The number of nitrogens with zero attached hydrogens (tertiary/aromatic N) is 1. The zero-order valence-corrected chi connectivity index (χ0v) is 8.69. The molecule has 0 amide bonds. The first-order chi connectivity index (χ1) is 7.16. The Hall–Kier alpha value is -1.68. The molecule has 76 valence electrons. The van der Waals surface area contributed by atoms with Crippen LogP contribution in [0.1, 0.15) is 0 Å². The number of hydrogen-bond acceptors (Lipinski definition) is 3. The van der Waals surface area contributed by atoms with Gasteiger partial charge in [-0.05, 0) is 30.3 Å². The molecule has 2 rings (SSSR count). The molecule has 0 atom stereocenters. The largest absolute Gasteiger partial charge is 0.508 e. The Morgan fingerprint density at radius 2 is 1.73 bits per heavy atom. The van der Waals surface area contributed by atoms with Crippen molar-refractivity contribution >= 4 is 12.6 Å². The molecule has 3 nitrogen and oxygen atoms in total. The minimum Gasteiger partial charge on any atom is -0.508 e. The quantitative estimate of drug-likeness (QED) is 0.718. The van der Waals surface area contributed by atoms with Crippen LogP contribution in [0.4, 0.5) is 0 Å². The monoisotopic (exact) mass is 219 g/mol. The number of thiol groups is 1. The Balaban J connectivity index is 2.58. The first kappa shape index (κ1) is 9.86. The molecule has 0 radical (unpaired) electrons. The van der Waals surface area contributed by atoms with Gasteiger partial charge in [-0.25, -0.2) is 0 Å². The second-order valence-electron chi connectivity index (χ2n) is 3.11. The van der Waals surface area contributed by atoms with Crippen molar-refractivity contribution in [3.63, 3.8) is 0 Å². The maximum absolute atomic E-state index is 11.5. The molecule has 0 saturated heterocycles. The average Bonchev–Trinajstić information content (AvgIpc) is 2.23. The highest BCUT2D eigenvalue weighted by atomic mass is 32.1. The van der Waals surface area contributed by atoms with Crippen molar-refractivity contribution in [1.29, 1.82) is 0 Å². The number of hydrogen-bond donors (Lipinski definition) is 2. The summed E-state index contributed by atoms with van der Waals surface area (Å²) in [6, 6.07) is 9.51. The van der Waals surface area contributed by atoms with Gasteiger partial charge in [-0.15, -0.1) is 12.6 Å². The second-order valence-corrected chi connectivity index (χ2v) is 3.63. The third kappa shape index (κ3) is 2.05. The molecule has 0 saturated carbocycles. The van der Waals surface area contributed by atoms with Crippen molar-refractivity contribution < 1.29 is 5.11 Å². The van der Waals surface area contributed by atoms with Crippen LogP contribution in [0.3, 0.4) is 0 Å². The van der Waals surface area contributed by atoms with Crippen LogP contribution in [-0.2, 0) is 0 Å². The molecular formula is C11H9NO2S. The van der Waals surface area contributed by atoms with Gasteiger partial charge in [0.25, 0.3) is 5.56 Å². The van der Waals surface area contributed by atoms with Gasteiger partial charge in [0, 0.05) is 22.8 Å². The molecule has 1 aromatic heterocycles. The van der Waals surface area contributed by atoms with Crippen molar-refractivity contribution in [3.8, 4) is 11.4 Å². The van der Waals surface area contributed by atoms with Gasteiger partial charge in [0.05, 0.1) is 0 Å². The molecule has 0 unspecified atom stereocenters. The summed E-state index contributed by atoms with van der Waals surface area (Å²) in [5.41, 5.74) is 0.576. The van der Waals surface area contributed by atoms with Gasteiger partial charge in [0.1, 0.15) is 5.75 Å². The van der Waals surface area contributed by atoms with E-state index in [1.807, 2.05) is 0 Å². The minimum absolute atomic E-state index is 0.126. The number of rotatable bonds is 1. The molecule has 1 aromatic carbocycles. The third-order valence-electron chi connectivity index (χ3n) is 2.02. The van der Waals surface area contributed by atoms with Crippen molar-refractivity contribution in [1.82, 2.24) is 4.57 Å². The first-order valence-electron chi connectivity index (χ1n) is 4.38. The molecule has 0 bridgehead atoms. The summed E-state index contributed by atoms with van der Waals surface area (Å²) in [4.78, 5) is 12.2. The summed E-state index contributed by atoms with van der Waals surface area (Å²) in [7, 11) is 0. The molecule has 0 aliphatic heterocycles. The first-order valence-corrected chi connectivity index (χ1v) is 4.82. The molecule has 2 aromatic rings. The Morgan fingerprint density at radius 3 is 2.40 bits per heavy atom. The number of phenolic OH excluding ortho intramolecular Hbond substituents is 1. The van der Waals surface area contributed by atoms with E-state index in [0.717, 1.165) is 0 Å². The fourth-order valence-electron chi connectivity index (χ4n) is 1.29. The summed E-state index contributed by atoms with van der Waals surface area (Å²) in [6.07, 6.45) is 1.64. The molecule has 4 heteroatoms. The van der Waals surface area contributed by atoms with Gasteiger partial charge in [-0.2, -0.15) is 0 Å². The maximum atomic E-state index is 11.5. The molecular weight excluding hydrogens is 210 g/mol. The van der Waals surface area contributed by atoms with Crippen molar-refractivity contribution in [2.75, 3.05) is 0 Å². The second kappa shape index (κ2) is 3.82. The molecule has 0 spiro atoms. The van der Waals surface area contributed by atoms with Crippen LogP contribution in [0.2, 0.25) is 0 Å². The van der Waals surface area contributed by atoms with E-state index < -0.39 is 0 Å². The highest BCUT2D eigenvalue weighted by Crippen LogP contribution is 2.13. The zero-order chi connectivity index (χ0) is 10.8. The summed E-state index contributed by atoms with van der Waals surface area (Å²) in [5.74, 6) is 0.175. The van der Waals surface area contributed by atoms with E-state index in [9.17, 15) is 4.79 Å². The van der Waals surface area contributed by atoms with Gasteiger partial charge in [0.15, 0.2) is 0 Å². The molecule has 0 aliphatic carbocycles. The van der Waals surface area contributed by atoms with Gasteiger partial charge in [-0.1, -0.05) is 0 Å². The maximum Gasteiger partial charge on any atom is 0.255 e. The van der Waals surface area contributed by atoms with E-state index in [0.29, 0.717) is 10.6 Å². The van der Waals surface area contributed by atoms with Crippen LogP contribution in [0.5, 0.6) is 5.75 Å². The van der Waals surface area contributed by atoms with Crippen molar-refractivity contribution in [2.45, 2.75) is 4.90 Å². The molecule has 0 aliphatic rings. The van der Waals surface area contributed by atoms with Gasteiger partial charge in [0.2, 0.25) is 0 Å².